The zero-order valence-corrected chi connectivity index (χ0v) is 12.2. The number of aromatic amines is 1. The first kappa shape index (κ1) is 14.3. The minimum atomic E-state index is -0.333. The lowest BCUT2D eigenvalue weighted by atomic mass is 10.3. The quantitative estimate of drug-likeness (QED) is 0.712. The number of H-pyrrole nitrogens is 1. The molecule has 0 atom stereocenters. The molecule has 1 N–H and O–H groups in total. The molecule has 0 radical (unpaired) electrons. The molecule has 3 rings (SSSR count). The lowest BCUT2D eigenvalue weighted by Crippen LogP contribution is -2.14. The zero-order valence-electron chi connectivity index (χ0n) is 11.4. The third-order valence-electron chi connectivity index (χ3n) is 2.78. The van der Waals surface area contributed by atoms with Crippen molar-refractivity contribution in [2.24, 2.45) is 0 Å². The van der Waals surface area contributed by atoms with Gasteiger partial charge in [-0.25, -0.2) is 4.39 Å². The van der Waals surface area contributed by atoms with Gasteiger partial charge in [0.2, 0.25) is 0 Å². The number of nitrogens with zero attached hydrogens (tertiary/aromatic N) is 6. The van der Waals surface area contributed by atoms with Gasteiger partial charge in [-0.15, -0.1) is 15.3 Å². The van der Waals surface area contributed by atoms with Crippen molar-refractivity contribution in [3.63, 3.8) is 0 Å². The Morgan fingerprint density at radius 3 is 2.73 bits per heavy atom. The SMILES string of the molecule is Cc1nnc(SCc2nnnn2-c2ccc(F)cc2)[nH]c1=O. The van der Waals surface area contributed by atoms with Crippen molar-refractivity contribution in [2.75, 3.05) is 0 Å². The number of tetrazole rings is 1. The lowest BCUT2D eigenvalue weighted by Gasteiger charge is -2.04. The monoisotopic (exact) mass is 319 g/mol. The number of hydrogen-bond donors (Lipinski definition) is 1. The second kappa shape index (κ2) is 6.02. The van der Waals surface area contributed by atoms with Gasteiger partial charge in [-0.1, -0.05) is 11.8 Å². The van der Waals surface area contributed by atoms with Crippen molar-refractivity contribution >= 4 is 11.8 Å². The van der Waals surface area contributed by atoms with Gasteiger partial charge in [0, 0.05) is 0 Å². The van der Waals surface area contributed by atoms with Gasteiger partial charge in [0.1, 0.15) is 11.5 Å². The number of benzene rings is 1. The number of thioether (sulfide) groups is 1. The fourth-order valence-electron chi connectivity index (χ4n) is 1.65. The van der Waals surface area contributed by atoms with Crippen LogP contribution in [0.2, 0.25) is 0 Å². The molecule has 10 heteroatoms. The van der Waals surface area contributed by atoms with E-state index >= 15 is 0 Å². The highest BCUT2D eigenvalue weighted by molar-refractivity contribution is 7.98. The maximum Gasteiger partial charge on any atom is 0.273 e. The fraction of sp³-hybridized carbons (Fsp3) is 0.167. The Balaban J connectivity index is 1.79. The largest absolute Gasteiger partial charge is 0.298 e. The van der Waals surface area contributed by atoms with Crippen molar-refractivity contribution in [1.29, 1.82) is 0 Å². The van der Waals surface area contributed by atoms with E-state index < -0.39 is 0 Å². The smallest absolute Gasteiger partial charge is 0.273 e. The Kier molecular flexibility index (Phi) is 3.92. The summed E-state index contributed by atoms with van der Waals surface area (Å²) < 4.78 is 14.4. The summed E-state index contributed by atoms with van der Waals surface area (Å²) in [5.41, 5.74) is 0.668. The summed E-state index contributed by atoms with van der Waals surface area (Å²) in [5.74, 6) is 0.581. The lowest BCUT2D eigenvalue weighted by molar-refractivity contribution is 0.626. The van der Waals surface area contributed by atoms with E-state index in [-0.39, 0.29) is 11.4 Å². The third kappa shape index (κ3) is 3.01. The van der Waals surface area contributed by atoms with Crippen LogP contribution in [0.5, 0.6) is 0 Å². The molecule has 2 aromatic heterocycles. The van der Waals surface area contributed by atoms with E-state index in [9.17, 15) is 9.18 Å². The molecule has 0 unspecified atom stereocenters. The van der Waals surface area contributed by atoms with E-state index in [1.807, 2.05) is 0 Å². The molecule has 0 spiro atoms. The average molecular weight is 319 g/mol. The van der Waals surface area contributed by atoms with E-state index in [1.165, 1.54) is 28.6 Å². The Labute approximate surface area is 127 Å². The van der Waals surface area contributed by atoms with Crippen molar-refractivity contribution in [2.45, 2.75) is 17.8 Å². The average Bonchev–Trinajstić information content (AvgIpc) is 2.98. The van der Waals surface area contributed by atoms with Crippen LogP contribution in [0.25, 0.3) is 5.69 Å². The number of nitrogens with one attached hydrogen (secondary N) is 1. The maximum absolute atomic E-state index is 13.0. The van der Waals surface area contributed by atoms with E-state index in [0.717, 1.165) is 0 Å². The minimum Gasteiger partial charge on any atom is -0.298 e. The van der Waals surface area contributed by atoms with E-state index in [2.05, 4.69) is 30.7 Å². The highest BCUT2D eigenvalue weighted by Crippen LogP contribution is 2.18. The highest BCUT2D eigenvalue weighted by Gasteiger charge is 2.10. The Bertz CT molecular complexity index is 845. The van der Waals surface area contributed by atoms with Gasteiger partial charge in [0.15, 0.2) is 11.0 Å². The summed E-state index contributed by atoms with van der Waals surface area (Å²) in [6.07, 6.45) is 0. The van der Waals surface area contributed by atoms with Crippen LogP contribution in [0.3, 0.4) is 0 Å². The highest BCUT2D eigenvalue weighted by atomic mass is 32.2. The maximum atomic E-state index is 13.0. The summed E-state index contributed by atoms with van der Waals surface area (Å²) in [4.78, 5) is 14.1. The molecule has 3 aromatic rings. The Morgan fingerprint density at radius 1 is 1.23 bits per heavy atom. The van der Waals surface area contributed by atoms with Crippen LogP contribution >= 0.6 is 11.8 Å². The molecule has 2 heterocycles. The Hall–Kier alpha value is -2.62. The van der Waals surface area contributed by atoms with E-state index in [0.29, 0.717) is 28.1 Å². The summed E-state index contributed by atoms with van der Waals surface area (Å²) in [6.45, 7) is 1.58. The molecule has 0 saturated heterocycles. The van der Waals surface area contributed by atoms with Gasteiger partial charge in [0.25, 0.3) is 5.56 Å². The fourth-order valence-corrected chi connectivity index (χ4v) is 2.36. The summed E-state index contributed by atoms with van der Waals surface area (Å²) in [5, 5.41) is 19.4. The first-order valence-electron chi connectivity index (χ1n) is 6.23. The second-order valence-corrected chi connectivity index (χ2v) is 5.28. The van der Waals surface area contributed by atoms with Crippen LogP contribution < -0.4 is 5.56 Å². The van der Waals surface area contributed by atoms with Gasteiger partial charge in [-0.2, -0.15) is 4.68 Å². The predicted octanol–water partition coefficient (Wildman–Crippen LogP) is 0.880. The van der Waals surface area contributed by atoms with Crippen molar-refractivity contribution in [1.82, 2.24) is 35.4 Å². The van der Waals surface area contributed by atoms with Crippen molar-refractivity contribution < 1.29 is 4.39 Å². The molecule has 0 fully saturated rings. The first-order chi connectivity index (χ1) is 10.6. The topological polar surface area (TPSA) is 102 Å². The van der Waals surface area contributed by atoms with Gasteiger partial charge >= 0.3 is 0 Å². The van der Waals surface area contributed by atoms with Gasteiger partial charge in [-0.05, 0) is 41.6 Å². The predicted molar refractivity (Wildman–Crippen MR) is 76.1 cm³/mol. The molecule has 0 aliphatic carbocycles. The molecule has 8 nitrogen and oxygen atoms in total. The number of aromatic nitrogens is 7. The van der Waals surface area contributed by atoms with Gasteiger partial charge in [0.05, 0.1) is 11.4 Å². The molecule has 0 aliphatic rings. The standard InChI is InChI=1S/C12H10FN7OS/c1-7-11(21)14-12(17-15-7)22-6-10-16-18-19-20(10)9-4-2-8(13)3-5-9/h2-5H,6H2,1H3,(H,14,17,21). The first-order valence-corrected chi connectivity index (χ1v) is 7.21. The van der Waals surface area contributed by atoms with E-state index in [1.54, 1.807) is 19.1 Å². The second-order valence-electron chi connectivity index (χ2n) is 4.32. The molecule has 22 heavy (non-hydrogen) atoms. The zero-order chi connectivity index (χ0) is 15.5. The third-order valence-corrected chi connectivity index (χ3v) is 3.64. The molecule has 0 bridgehead atoms. The van der Waals surface area contributed by atoms with E-state index in [4.69, 9.17) is 0 Å². The summed E-state index contributed by atoms with van der Waals surface area (Å²) >= 11 is 1.25. The molecular weight excluding hydrogens is 309 g/mol. The molecule has 112 valence electrons. The number of aryl methyl sites for hydroxylation is 1. The van der Waals surface area contributed by atoms with Crippen molar-refractivity contribution in [3.8, 4) is 5.69 Å². The minimum absolute atomic E-state index is 0.282. The van der Waals surface area contributed by atoms with Crippen LogP contribution in [0.1, 0.15) is 11.5 Å². The molecule has 1 aromatic carbocycles. The number of rotatable bonds is 4. The molecule has 0 aliphatic heterocycles. The molecule has 0 saturated carbocycles. The van der Waals surface area contributed by atoms with Crippen LogP contribution in [-0.4, -0.2) is 35.4 Å². The van der Waals surface area contributed by atoms with Crippen LogP contribution in [0, 0.1) is 12.7 Å². The number of hydrogen-bond acceptors (Lipinski definition) is 7. The Morgan fingerprint density at radius 2 is 2.00 bits per heavy atom. The normalized spacial score (nSPS) is 10.8. The van der Waals surface area contributed by atoms with Gasteiger partial charge in [-0.3, -0.25) is 9.78 Å². The van der Waals surface area contributed by atoms with Crippen LogP contribution in [-0.2, 0) is 5.75 Å². The molecule has 0 amide bonds. The summed E-state index contributed by atoms with van der Waals surface area (Å²) in [7, 11) is 0. The van der Waals surface area contributed by atoms with Gasteiger partial charge < -0.3 is 0 Å². The summed E-state index contributed by atoms with van der Waals surface area (Å²) in [6, 6.07) is 5.81. The molecular formula is C12H10FN7OS. The van der Waals surface area contributed by atoms with Crippen LogP contribution in [0.15, 0.2) is 34.2 Å². The van der Waals surface area contributed by atoms with Crippen LogP contribution in [0.4, 0.5) is 4.39 Å². The number of halogens is 1. The van der Waals surface area contributed by atoms with Crippen molar-refractivity contribution in [3.05, 3.63) is 52.0 Å².